The van der Waals surface area contributed by atoms with Gasteiger partial charge in [0.1, 0.15) is 18.8 Å². The Morgan fingerprint density at radius 1 is 1.00 bits per heavy atom. The zero-order valence-corrected chi connectivity index (χ0v) is 18.0. The summed E-state index contributed by atoms with van der Waals surface area (Å²) >= 11 is 0. The van der Waals surface area contributed by atoms with E-state index >= 15 is 0 Å². The Balaban J connectivity index is 1.67. The van der Waals surface area contributed by atoms with Crippen molar-refractivity contribution in [3.63, 3.8) is 0 Å². The lowest BCUT2D eigenvalue weighted by Gasteiger charge is -2.22. The van der Waals surface area contributed by atoms with Crippen molar-refractivity contribution in [1.82, 2.24) is 0 Å². The summed E-state index contributed by atoms with van der Waals surface area (Å²) in [7, 11) is 0. The summed E-state index contributed by atoms with van der Waals surface area (Å²) in [6.45, 7) is -0.310. The van der Waals surface area contributed by atoms with E-state index in [0.717, 1.165) is 0 Å². The third kappa shape index (κ3) is 4.53. The second kappa shape index (κ2) is 9.84. The number of rotatable bonds is 7. The SMILES string of the molecule is O=C(OC[C@@H]1OC(C2=CC=CCC2C(=O)O)C(=O)[C@@H]1c1ccccc1C(=O)O)c1ccccc1. The lowest BCUT2D eigenvalue weighted by Crippen LogP contribution is -2.30. The van der Waals surface area contributed by atoms with E-state index in [2.05, 4.69) is 0 Å². The molecule has 0 amide bonds. The lowest BCUT2D eigenvalue weighted by atomic mass is 9.81. The van der Waals surface area contributed by atoms with Crippen LogP contribution < -0.4 is 0 Å². The summed E-state index contributed by atoms with van der Waals surface area (Å²) in [6.07, 6.45) is 2.92. The van der Waals surface area contributed by atoms with Gasteiger partial charge in [0.15, 0.2) is 5.78 Å². The number of hydrogen-bond donors (Lipinski definition) is 2. The number of aliphatic carboxylic acids is 1. The molecule has 34 heavy (non-hydrogen) atoms. The van der Waals surface area contributed by atoms with Gasteiger partial charge >= 0.3 is 17.9 Å². The van der Waals surface area contributed by atoms with Crippen LogP contribution in [0.5, 0.6) is 0 Å². The molecule has 1 fully saturated rings. The summed E-state index contributed by atoms with van der Waals surface area (Å²) in [5, 5.41) is 19.3. The van der Waals surface area contributed by atoms with Crippen LogP contribution in [-0.4, -0.2) is 52.7 Å². The van der Waals surface area contributed by atoms with E-state index in [4.69, 9.17) is 9.47 Å². The van der Waals surface area contributed by atoms with Crippen LogP contribution in [0.3, 0.4) is 0 Å². The fraction of sp³-hybridized carbons (Fsp3) is 0.231. The fourth-order valence-corrected chi connectivity index (χ4v) is 4.34. The summed E-state index contributed by atoms with van der Waals surface area (Å²) in [5.74, 6) is -5.39. The molecule has 1 aliphatic heterocycles. The van der Waals surface area contributed by atoms with Crippen molar-refractivity contribution in [1.29, 1.82) is 0 Å². The van der Waals surface area contributed by atoms with Crippen molar-refractivity contribution in [3.05, 3.63) is 95.1 Å². The van der Waals surface area contributed by atoms with E-state index in [1.807, 2.05) is 0 Å². The summed E-state index contributed by atoms with van der Waals surface area (Å²) in [6, 6.07) is 14.3. The van der Waals surface area contributed by atoms with Crippen LogP contribution in [0.25, 0.3) is 0 Å². The van der Waals surface area contributed by atoms with Crippen LogP contribution in [0.4, 0.5) is 0 Å². The van der Waals surface area contributed by atoms with E-state index in [1.165, 1.54) is 12.1 Å². The van der Waals surface area contributed by atoms with Gasteiger partial charge in [0.25, 0.3) is 0 Å². The maximum Gasteiger partial charge on any atom is 0.338 e. The number of carbonyl (C=O) groups is 4. The van der Waals surface area contributed by atoms with Crippen LogP contribution >= 0.6 is 0 Å². The van der Waals surface area contributed by atoms with E-state index in [1.54, 1.807) is 60.7 Å². The van der Waals surface area contributed by atoms with Gasteiger partial charge in [-0.15, -0.1) is 0 Å². The number of ether oxygens (including phenoxy) is 2. The molecule has 8 nitrogen and oxygen atoms in total. The van der Waals surface area contributed by atoms with Gasteiger partial charge in [0.2, 0.25) is 0 Å². The molecular formula is C26H22O8. The fourth-order valence-electron chi connectivity index (χ4n) is 4.34. The van der Waals surface area contributed by atoms with Crippen LogP contribution in [0.2, 0.25) is 0 Å². The van der Waals surface area contributed by atoms with Crippen molar-refractivity contribution in [2.24, 2.45) is 5.92 Å². The number of allylic oxidation sites excluding steroid dienone is 3. The quantitative estimate of drug-likeness (QED) is 0.601. The van der Waals surface area contributed by atoms with Crippen LogP contribution in [0.15, 0.2) is 78.4 Å². The van der Waals surface area contributed by atoms with E-state index in [0.29, 0.717) is 5.56 Å². The van der Waals surface area contributed by atoms with Gasteiger partial charge in [-0.05, 0) is 35.8 Å². The number of carboxylic acids is 2. The highest BCUT2D eigenvalue weighted by atomic mass is 16.6. The predicted molar refractivity (Wildman–Crippen MR) is 120 cm³/mol. The van der Waals surface area contributed by atoms with Gasteiger partial charge in [-0.1, -0.05) is 54.6 Å². The molecular weight excluding hydrogens is 440 g/mol. The highest BCUT2D eigenvalue weighted by Gasteiger charge is 2.49. The molecule has 0 spiro atoms. The maximum atomic E-state index is 13.6. The Kier molecular flexibility index (Phi) is 6.70. The van der Waals surface area contributed by atoms with Crippen LogP contribution in [0.1, 0.15) is 38.6 Å². The molecule has 1 aliphatic carbocycles. The molecule has 2 aromatic rings. The van der Waals surface area contributed by atoms with Gasteiger partial charge in [0, 0.05) is 0 Å². The zero-order valence-electron chi connectivity index (χ0n) is 18.0. The van der Waals surface area contributed by atoms with E-state index in [9.17, 15) is 29.4 Å². The molecule has 2 unspecified atom stereocenters. The van der Waals surface area contributed by atoms with Gasteiger partial charge in [-0.25, -0.2) is 9.59 Å². The molecule has 0 bridgehead atoms. The maximum absolute atomic E-state index is 13.6. The first-order chi connectivity index (χ1) is 16.4. The Morgan fingerprint density at radius 2 is 1.71 bits per heavy atom. The van der Waals surface area contributed by atoms with Gasteiger partial charge in [-0.3, -0.25) is 9.59 Å². The van der Waals surface area contributed by atoms with Gasteiger partial charge < -0.3 is 19.7 Å². The Labute approximate surface area is 195 Å². The van der Waals surface area contributed by atoms with E-state index in [-0.39, 0.29) is 29.7 Å². The average molecular weight is 462 g/mol. The first-order valence-electron chi connectivity index (χ1n) is 10.7. The largest absolute Gasteiger partial charge is 0.481 e. The smallest absolute Gasteiger partial charge is 0.338 e. The number of ketones is 1. The zero-order chi connectivity index (χ0) is 24.2. The number of hydrogen-bond acceptors (Lipinski definition) is 6. The Hall–Kier alpha value is -4.04. The molecule has 2 aromatic carbocycles. The molecule has 1 saturated heterocycles. The Bertz CT molecular complexity index is 1180. The van der Waals surface area contributed by atoms with Gasteiger partial charge in [-0.2, -0.15) is 0 Å². The molecule has 0 aromatic heterocycles. The third-order valence-corrected chi connectivity index (χ3v) is 5.96. The minimum absolute atomic E-state index is 0.0724. The Morgan fingerprint density at radius 3 is 2.41 bits per heavy atom. The first kappa shape index (κ1) is 23.1. The van der Waals surface area contributed by atoms with Crippen molar-refractivity contribution in [2.75, 3.05) is 6.61 Å². The monoisotopic (exact) mass is 462 g/mol. The molecule has 4 atom stereocenters. The molecule has 0 radical (unpaired) electrons. The minimum atomic E-state index is -1.21. The molecule has 1 heterocycles. The van der Waals surface area contributed by atoms with Crippen molar-refractivity contribution >= 4 is 23.7 Å². The molecule has 0 saturated carbocycles. The topological polar surface area (TPSA) is 127 Å². The van der Waals surface area contributed by atoms with Gasteiger partial charge in [0.05, 0.1) is 23.0 Å². The standard InChI is InChI=1S/C26H22O8/c27-22-21(16-10-4-6-12-18(16)24(28)29)20(14-33-26(32)15-8-2-1-3-9-15)34-23(22)17-11-5-7-13-19(17)25(30)31/h1-12,19-21,23H,13-14H2,(H,28,29)(H,30,31)/t19?,20-,21+,23?/m0/s1. The molecule has 8 heteroatoms. The highest BCUT2D eigenvalue weighted by Crippen LogP contribution is 2.40. The average Bonchev–Trinajstić information content (AvgIpc) is 3.18. The highest BCUT2D eigenvalue weighted by molar-refractivity contribution is 5.99. The first-order valence-corrected chi connectivity index (χ1v) is 10.7. The number of esters is 1. The number of carboxylic acid groups (broad SMARTS) is 2. The molecule has 174 valence electrons. The summed E-state index contributed by atoms with van der Waals surface area (Å²) < 4.78 is 11.4. The van der Waals surface area contributed by atoms with Crippen LogP contribution in [-0.2, 0) is 19.1 Å². The lowest BCUT2D eigenvalue weighted by molar-refractivity contribution is -0.141. The number of benzene rings is 2. The van der Waals surface area contributed by atoms with Crippen molar-refractivity contribution < 1.29 is 38.9 Å². The normalized spacial score (nSPS) is 23.9. The second-order valence-electron chi connectivity index (χ2n) is 8.01. The van der Waals surface area contributed by atoms with E-state index < -0.39 is 47.7 Å². The predicted octanol–water partition coefficient (Wildman–Crippen LogP) is 3.25. The summed E-state index contributed by atoms with van der Waals surface area (Å²) in [4.78, 5) is 49.6. The molecule has 2 aliphatic rings. The minimum Gasteiger partial charge on any atom is -0.481 e. The molecule has 2 N–H and O–H groups in total. The van der Waals surface area contributed by atoms with Crippen molar-refractivity contribution in [3.8, 4) is 0 Å². The number of carbonyl (C=O) groups excluding carboxylic acids is 2. The number of Topliss-reactive ketones (excluding diaryl/α,β-unsaturated/α-hetero) is 1. The molecule has 4 rings (SSSR count). The summed E-state index contributed by atoms with van der Waals surface area (Å²) in [5.41, 5.74) is 0.755. The van der Waals surface area contributed by atoms with Crippen molar-refractivity contribution in [2.45, 2.75) is 24.5 Å². The van der Waals surface area contributed by atoms with Crippen LogP contribution in [0, 0.1) is 5.92 Å². The number of aromatic carboxylic acids is 1. The second-order valence-corrected chi connectivity index (χ2v) is 8.01. The third-order valence-electron chi connectivity index (χ3n) is 5.96.